The molecule has 12 atom stereocenters. The number of nitrogens with one attached hydrogen (secondary N) is 4. The van der Waals surface area contributed by atoms with Gasteiger partial charge in [0.1, 0.15) is 60.4 Å². The summed E-state index contributed by atoms with van der Waals surface area (Å²) in [7, 11) is 9.68. The van der Waals surface area contributed by atoms with Crippen molar-refractivity contribution in [2.45, 2.75) is 229 Å². The van der Waals surface area contributed by atoms with Gasteiger partial charge in [0.25, 0.3) is 0 Å². The zero-order valence-corrected chi connectivity index (χ0v) is 56.7. The van der Waals surface area contributed by atoms with Crippen LogP contribution >= 0.6 is 0 Å². The van der Waals surface area contributed by atoms with Crippen LogP contribution in [0.3, 0.4) is 0 Å². The number of carbonyl (C=O) groups excluding carboxylic acids is 11. The van der Waals surface area contributed by atoms with Crippen molar-refractivity contribution in [3.05, 3.63) is 0 Å². The van der Waals surface area contributed by atoms with E-state index in [1.807, 2.05) is 55.4 Å². The van der Waals surface area contributed by atoms with Crippen LogP contribution < -0.4 is 21.3 Å². The lowest BCUT2D eigenvalue weighted by Crippen LogP contribution is -2.63. The summed E-state index contributed by atoms with van der Waals surface area (Å²) in [5.41, 5.74) is 0. The van der Waals surface area contributed by atoms with Crippen molar-refractivity contribution < 1.29 is 67.7 Å². The van der Waals surface area contributed by atoms with Crippen LogP contribution in [0.1, 0.15) is 162 Å². The number of hydrogen-bond acceptors (Lipinski definition) is 13. The Kier molecular flexibility index (Phi) is 32.1. The minimum Gasteiger partial charge on any atom is -0.481 e. The molecule has 0 aromatic carbocycles. The van der Waals surface area contributed by atoms with E-state index in [9.17, 15) is 58.2 Å². The van der Waals surface area contributed by atoms with Crippen molar-refractivity contribution in [1.29, 1.82) is 0 Å². The summed E-state index contributed by atoms with van der Waals surface area (Å²) in [5, 5.41) is 32.4. The maximum atomic E-state index is 15.2. The molecule has 25 nitrogen and oxygen atoms in total. The molecule has 0 spiro atoms. The molecule has 11 amide bonds. The average molecular weight is 1230 g/mol. The smallest absolute Gasteiger partial charge is 0.303 e. The first kappa shape index (κ1) is 78.6. The highest BCUT2D eigenvalue weighted by Gasteiger charge is 2.46. The molecular weight excluding hydrogens is 1120 g/mol. The van der Waals surface area contributed by atoms with Crippen molar-refractivity contribution in [2.24, 2.45) is 41.4 Å². The standard InChI is InChI=1S/C62H111N11O14/c1-24-42-58(83)67(17)32-47(74)68(18)43(28-33(2)3)55(80)66-49(37(10)11)61(86)69(19)44(29-34(4)5)54(79)63-40(15)53(78)64-41(16)57(82)70(20)45(30-35(6)7)59(84)71(21)46(31-36(8)9)60(85)72(22)50(38(12)13)62(87)73(23)51(56(81)65-42)52(77)39(14)26-25-27-48(75)76/h33-46,49-52,77H,24-32H2,1-23H3,(H,63,79)(H,64,78)(H,65,81)(H,66,80)(H,75,76)/t39-,40+,41-,42+,43+,44+,45+,46+,49+,50+,51+,52-/m1/s1. The SMILES string of the molecule is CC[C@@H]1NC(=O)[C@H]([C@H](O)[C@H](C)CCCC(=O)O)N(C)C(=O)[C@H](C(C)C)N(C)C(=O)[C@H](CC(C)C)N(C)C(=O)[C@H](CC(C)C)N(C)C(=O)[C@@H](C)NC(=O)[C@H](C)NC(=O)[C@H](CC(C)C)N(C)C(=O)[C@H](C(C)C)NC(=O)[C@H](CC(C)C)N(C)C(=O)CN(C)C1=O. The molecule has 87 heavy (non-hydrogen) atoms. The maximum Gasteiger partial charge on any atom is 0.303 e. The van der Waals surface area contributed by atoms with Crippen LogP contribution in [-0.4, -0.2) is 238 Å². The van der Waals surface area contributed by atoms with E-state index in [-0.39, 0.29) is 75.0 Å². The highest BCUT2D eigenvalue weighted by Crippen LogP contribution is 2.26. The summed E-state index contributed by atoms with van der Waals surface area (Å²) in [6.07, 6.45) is -1.19. The second-order valence-electron chi connectivity index (χ2n) is 26.6. The van der Waals surface area contributed by atoms with Crippen LogP contribution in [0, 0.1) is 41.4 Å². The first-order valence-corrected chi connectivity index (χ1v) is 31.0. The van der Waals surface area contributed by atoms with Crippen LogP contribution in [0.5, 0.6) is 0 Å². The Labute approximate surface area is 518 Å². The minimum atomic E-state index is -1.73. The summed E-state index contributed by atoms with van der Waals surface area (Å²) < 4.78 is 0. The maximum absolute atomic E-state index is 15.2. The lowest BCUT2D eigenvalue weighted by atomic mass is 9.90. The number of nitrogens with zero attached hydrogens (tertiary/aromatic N) is 7. The number of aliphatic carboxylic acids is 1. The van der Waals surface area contributed by atoms with Gasteiger partial charge < -0.3 is 65.8 Å². The van der Waals surface area contributed by atoms with Crippen LogP contribution in [0.4, 0.5) is 0 Å². The third-order valence-corrected chi connectivity index (χ3v) is 16.4. The lowest BCUT2D eigenvalue weighted by molar-refractivity contribution is -0.157. The zero-order valence-electron chi connectivity index (χ0n) is 56.7. The van der Waals surface area contributed by atoms with Crippen LogP contribution in [0.15, 0.2) is 0 Å². The molecule has 6 N–H and O–H groups in total. The summed E-state index contributed by atoms with van der Waals surface area (Å²) in [5.74, 6) is -11.6. The fourth-order valence-electron chi connectivity index (χ4n) is 10.9. The van der Waals surface area contributed by atoms with Gasteiger partial charge in [-0.05, 0) is 100 Å². The van der Waals surface area contributed by atoms with Gasteiger partial charge >= 0.3 is 5.97 Å². The van der Waals surface area contributed by atoms with E-state index in [1.54, 1.807) is 41.5 Å². The summed E-state index contributed by atoms with van der Waals surface area (Å²) >= 11 is 0. The predicted molar refractivity (Wildman–Crippen MR) is 331 cm³/mol. The summed E-state index contributed by atoms with van der Waals surface area (Å²) in [6, 6.07) is -12.8. The molecule has 1 aliphatic rings. The molecule has 0 aliphatic carbocycles. The monoisotopic (exact) mass is 1230 g/mol. The van der Waals surface area contributed by atoms with E-state index < -0.39 is 162 Å². The molecule has 0 saturated carbocycles. The Balaban J connectivity index is 4.34. The van der Waals surface area contributed by atoms with Crippen LogP contribution in [-0.2, 0) is 57.5 Å². The molecule has 1 rings (SSSR count). The number of rotatable bonds is 17. The average Bonchev–Trinajstić information content (AvgIpc) is 1.19. The van der Waals surface area contributed by atoms with Gasteiger partial charge in [0.05, 0.1) is 12.6 Å². The highest BCUT2D eigenvalue weighted by molar-refractivity contribution is 5.99. The van der Waals surface area contributed by atoms with Crippen LogP contribution in [0.2, 0.25) is 0 Å². The van der Waals surface area contributed by atoms with Gasteiger partial charge in [-0.2, -0.15) is 0 Å². The Bertz CT molecular complexity index is 2380. The molecule has 1 heterocycles. The third kappa shape index (κ3) is 22.6. The van der Waals surface area contributed by atoms with Crippen molar-refractivity contribution in [2.75, 3.05) is 55.9 Å². The largest absolute Gasteiger partial charge is 0.481 e. The number of aliphatic hydroxyl groups excluding tert-OH is 1. The molecule has 0 bridgehead atoms. The van der Waals surface area contributed by atoms with E-state index in [1.165, 1.54) is 87.7 Å². The van der Waals surface area contributed by atoms with Crippen molar-refractivity contribution in [1.82, 2.24) is 55.6 Å². The minimum absolute atomic E-state index is 0.0326. The lowest BCUT2D eigenvalue weighted by Gasteiger charge is -2.41. The van der Waals surface area contributed by atoms with E-state index in [0.717, 1.165) is 9.80 Å². The molecule has 1 saturated heterocycles. The highest BCUT2D eigenvalue weighted by atomic mass is 16.4. The molecule has 0 aromatic heterocycles. The van der Waals surface area contributed by atoms with Crippen molar-refractivity contribution in [3.63, 3.8) is 0 Å². The molecule has 25 heteroatoms. The van der Waals surface area contributed by atoms with Gasteiger partial charge in [-0.25, -0.2) is 0 Å². The van der Waals surface area contributed by atoms with Crippen LogP contribution in [0.25, 0.3) is 0 Å². The zero-order chi connectivity index (χ0) is 67.6. The van der Waals surface area contributed by atoms with Gasteiger partial charge in [-0.1, -0.05) is 96.9 Å². The Morgan fingerprint density at radius 2 is 0.885 bits per heavy atom. The second-order valence-corrected chi connectivity index (χ2v) is 26.6. The first-order chi connectivity index (χ1) is 40.1. The number of amides is 11. The van der Waals surface area contributed by atoms with E-state index in [0.29, 0.717) is 0 Å². The number of carboxylic acid groups (broad SMARTS) is 1. The van der Waals surface area contributed by atoms with Gasteiger partial charge in [0.2, 0.25) is 65.0 Å². The first-order valence-electron chi connectivity index (χ1n) is 31.0. The van der Waals surface area contributed by atoms with E-state index in [2.05, 4.69) is 21.3 Å². The van der Waals surface area contributed by atoms with Crippen molar-refractivity contribution in [3.8, 4) is 0 Å². The topological polar surface area (TPSA) is 316 Å². The fraction of sp³-hybridized carbons (Fsp3) is 0.806. The third-order valence-electron chi connectivity index (χ3n) is 16.4. The summed E-state index contributed by atoms with van der Waals surface area (Å²) in [4.78, 5) is 180. The van der Waals surface area contributed by atoms with Gasteiger partial charge in [-0.15, -0.1) is 0 Å². The van der Waals surface area contributed by atoms with E-state index >= 15 is 9.59 Å². The summed E-state index contributed by atoms with van der Waals surface area (Å²) in [6.45, 7) is 27.0. The molecule has 0 radical (unpaired) electrons. The van der Waals surface area contributed by atoms with Gasteiger partial charge in [0, 0.05) is 55.8 Å². The normalized spacial score (nSPS) is 26.4. The molecular formula is C62H111N11O14. The number of aliphatic hydroxyl groups is 1. The predicted octanol–water partition coefficient (Wildman–Crippen LogP) is 2.56. The molecule has 1 fully saturated rings. The van der Waals surface area contributed by atoms with Gasteiger partial charge in [0.15, 0.2) is 0 Å². The molecule has 498 valence electrons. The Morgan fingerprint density at radius 1 is 0.471 bits per heavy atom. The number of hydrogen-bond donors (Lipinski definition) is 6. The quantitative estimate of drug-likeness (QED) is 0.122. The number of carbonyl (C=O) groups is 12. The number of carboxylic acids is 1. The Hall–Kier alpha value is -6.40. The number of likely N-dealkylation sites (N-methyl/N-ethyl adjacent to an activating group) is 7. The van der Waals surface area contributed by atoms with Gasteiger partial charge in [-0.3, -0.25) is 57.5 Å². The molecule has 0 aromatic rings. The molecule has 1 aliphatic heterocycles. The van der Waals surface area contributed by atoms with E-state index in [4.69, 9.17) is 0 Å². The second kappa shape index (κ2) is 35.6. The molecule has 0 unspecified atom stereocenters. The fourth-order valence-corrected chi connectivity index (χ4v) is 10.9. The Morgan fingerprint density at radius 3 is 1.33 bits per heavy atom. The van der Waals surface area contributed by atoms with Crippen molar-refractivity contribution >= 4 is 70.9 Å².